The molecule has 1 rings (SSSR count). The summed E-state index contributed by atoms with van der Waals surface area (Å²) in [6, 6.07) is -0.997. The summed E-state index contributed by atoms with van der Waals surface area (Å²) >= 11 is 1.35. The molecule has 1 fully saturated rings. The highest BCUT2D eigenvalue weighted by Crippen LogP contribution is 2.20. The molecule has 10 heteroatoms. The molecule has 18 heavy (non-hydrogen) atoms. The Morgan fingerprint density at radius 3 is 2.61 bits per heavy atom. The van der Waals surface area contributed by atoms with Gasteiger partial charge in [-0.05, 0) is 0 Å². The van der Waals surface area contributed by atoms with Crippen LogP contribution in [0, 0.1) is 0 Å². The zero-order chi connectivity index (χ0) is 14.0. The number of thioether (sulfide) groups is 1. The van der Waals surface area contributed by atoms with E-state index in [4.69, 9.17) is 0 Å². The number of carbonyl (C=O) groups excluding carboxylic acids is 1. The fourth-order valence-corrected chi connectivity index (χ4v) is 4.26. The van der Waals surface area contributed by atoms with Crippen molar-refractivity contribution in [1.82, 2.24) is 10.2 Å². The SMILES string of the molecule is CS(=O)(=O)C1CSCCN1C(=O)NCC(F)(F)F. The van der Waals surface area contributed by atoms with Gasteiger partial charge in [0.25, 0.3) is 0 Å². The number of carbonyl (C=O) groups is 1. The Balaban J connectivity index is 2.70. The number of halogens is 3. The van der Waals surface area contributed by atoms with Crippen LogP contribution in [0.2, 0.25) is 0 Å². The van der Waals surface area contributed by atoms with E-state index < -0.39 is 34.0 Å². The van der Waals surface area contributed by atoms with E-state index in [9.17, 15) is 26.4 Å². The number of alkyl halides is 3. The number of hydrogen-bond donors (Lipinski definition) is 1. The molecule has 1 aliphatic heterocycles. The molecule has 1 atom stereocenters. The molecular weight excluding hydrogens is 293 g/mol. The van der Waals surface area contributed by atoms with Crippen molar-refractivity contribution in [2.75, 3.05) is 30.9 Å². The number of nitrogens with one attached hydrogen (secondary N) is 1. The van der Waals surface area contributed by atoms with Crippen molar-refractivity contribution in [1.29, 1.82) is 0 Å². The van der Waals surface area contributed by atoms with Crippen molar-refractivity contribution in [2.45, 2.75) is 11.6 Å². The third-order valence-electron chi connectivity index (χ3n) is 2.28. The number of hydrogen-bond acceptors (Lipinski definition) is 4. The molecule has 0 radical (unpaired) electrons. The quantitative estimate of drug-likeness (QED) is 0.814. The average Bonchev–Trinajstić information content (AvgIpc) is 2.24. The molecule has 5 nitrogen and oxygen atoms in total. The number of urea groups is 1. The first-order chi connectivity index (χ1) is 8.11. The minimum Gasteiger partial charge on any atom is -0.329 e. The maximum Gasteiger partial charge on any atom is 0.405 e. The third kappa shape index (κ3) is 4.56. The van der Waals surface area contributed by atoms with Crippen LogP contribution in [0.4, 0.5) is 18.0 Å². The molecule has 0 aliphatic carbocycles. The lowest BCUT2D eigenvalue weighted by Gasteiger charge is -2.34. The van der Waals surface area contributed by atoms with Gasteiger partial charge in [-0.15, -0.1) is 0 Å². The minimum absolute atomic E-state index is 0.117. The summed E-state index contributed by atoms with van der Waals surface area (Å²) in [5.41, 5.74) is 0. The Bertz CT molecular complexity index is 410. The number of amides is 2. The summed E-state index contributed by atoms with van der Waals surface area (Å²) in [5, 5.41) is 0.617. The van der Waals surface area contributed by atoms with Gasteiger partial charge in [0.15, 0.2) is 9.84 Å². The molecule has 106 valence electrons. The Hall–Kier alpha value is -0.640. The molecule has 2 amide bonds. The Morgan fingerprint density at radius 2 is 2.11 bits per heavy atom. The van der Waals surface area contributed by atoms with Gasteiger partial charge in [0.1, 0.15) is 11.9 Å². The zero-order valence-corrected chi connectivity index (χ0v) is 11.2. The first kappa shape index (κ1) is 15.4. The highest BCUT2D eigenvalue weighted by Gasteiger charge is 2.36. The first-order valence-corrected chi connectivity index (χ1v) is 8.10. The van der Waals surface area contributed by atoms with Gasteiger partial charge < -0.3 is 10.2 Å². The van der Waals surface area contributed by atoms with E-state index in [-0.39, 0.29) is 12.3 Å². The zero-order valence-electron chi connectivity index (χ0n) is 9.53. The average molecular weight is 306 g/mol. The molecular formula is C8H13F3N2O3S2. The molecule has 0 spiro atoms. The van der Waals surface area contributed by atoms with E-state index in [1.54, 1.807) is 5.32 Å². The van der Waals surface area contributed by atoms with E-state index in [1.807, 2.05) is 0 Å². The molecule has 1 saturated heterocycles. The molecule has 1 unspecified atom stereocenters. The lowest BCUT2D eigenvalue weighted by Crippen LogP contribution is -2.54. The van der Waals surface area contributed by atoms with Crippen LogP contribution in [0.15, 0.2) is 0 Å². The maximum atomic E-state index is 12.0. The van der Waals surface area contributed by atoms with Gasteiger partial charge in [-0.2, -0.15) is 24.9 Å². The van der Waals surface area contributed by atoms with Crippen molar-refractivity contribution in [3.05, 3.63) is 0 Å². The summed E-state index contributed by atoms with van der Waals surface area (Å²) in [7, 11) is -3.51. The van der Waals surface area contributed by atoms with Gasteiger partial charge in [0.05, 0.1) is 0 Å². The Morgan fingerprint density at radius 1 is 1.50 bits per heavy atom. The highest BCUT2D eigenvalue weighted by atomic mass is 32.2. The van der Waals surface area contributed by atoms with E-state index in [0.29, 0.717) is 5.75 Å². The summed E-state index contributed by atoms with van der Waals surface area (Å²) < 4.78 is 58.8. The molecule has 0 bridgehead atoms. The predicted octanol–water partition coefficient (Wildman–Crippen LogP) is 0.678. The highest BCUT2D eigenvalue weighted by molar-refractivity contribution is 8.00. The fourth-order valence-electron chi connectivity index (χ4n) is 1.45. The second-order valence-corrected chi connectivity index (χ2v) is 7.18. The van der Waals surface area contributed by atoms with Crippen molar-refractivity contribution in [2.24, 2.45) is 0 Å². The van der Waals surface area contributed by atoms with Crippen LogP contribution >= 0.6 is 11.8 Å². The van der Waals surface area contributed by atoms with Crippen molar-refractivity contribution >= 4 is 27.6 Å². The van der Waals surface area contributed by atoms with E-state index in [2.05, 4.69) is 0 Å². The molecule has 1 aliphatic rings. The monoisotopic (exact) mass is 306 g/mol. The lowest BCUT2D eigenvalue weighted by molar-refractivity contribution is -0.123. The number of nitrogens with zero attached hydrogens (tertiary/aromatic N) is 1. The predicted molar refractivity (Wildman–Crippen MR) is 62.1 cm³/mol. The van der Waals surface area contributed by atoms with Crippen molar-refractivity contribution in [3.8, 4) is 0 Å². The summed E-state index contributed by atoms with van der Waals surface area (Å²) in [4.78, 5) is 12.5. The second kappa shape index (κ2) is 5.55. The molecule has 1 heterocycles. The van der Waals surface area contributed by atoms with Crippen LogP contribution in [-0.4, -0.2) is 61.7 Å². The van der Waals surface area contributed by atoms with Crippen molar-refractivity contribution in [3.63, 3.8) is 0 Å². The maximum absolute atomic E-state index is 12.0. The summed E-state index contributed by atoms with van der Waals surface area (Å²) in [6.07, 6.45) is -3.55. The van der Waals surface area contributed by atoms with Gasteiger partial charge in [0.2, 0.25) is 0 Å². The second-order valence-electron chi connectivity index (χ2n) is 3.83. The molecule has 0 aromatic rings. The van der Waals surface area contributed by atoms with Crippen LogP contribution in [0.5, 0.6) is 0 Å². The lowest BCUT2D eigenvalue weighted by atomic mass is 10.5. The Kier molecular flexibility index (Phi) is 4.76. The molecule has 0 aromatic carbocycles. The minimum atomic E-state index is -4.51. The van der Waals surface area contributed by atoms with Crippen LogP contribution < -0.4 is 5.32 Å². The standard InChI is InChI=1S/C8H13F3N2O3S2/c1-18(15,16)6-4-17-3-2-13(6)7(14)12-5-8(9,10)11/h6H,2-5H2,1H3,(H,12,14). The third-order valence-corrected chi connectivity index (χ3v) is 4.92. The van der Waals surface area contributed by atoms with Crippen LogP contribution in [0.3, 0.4) is 0 Å². The summed E-state index contributed by atoms with van der Waals surface area (Å²) in [5.74, 6) is 0.684. The first-order valence-electron chi connectivity index (χ1n) is 4.99. The van der Waals surface area contributed by atoms with Gasteiger partial charge in [-0.1, -0.05) is 0 Å². The summed E-state index contributed by atoms with van der Waals surface area (Å²) in [6.45, 7) is -1.35. The van der Waals surface area contributed by atoms with Crippen LogP contribution in [0.25, 0.3) is 0 Å². The Labute approximate surface area is 107 Å². The van der Waals surface area contributed by atoms with Gasteiger partial charge in [0, 0.05) is 24.3 Å². The van der Waals surface area contributed by atoms with Crippen LogP contribution in [-0.2, 0) is 9.84 Å². The van der Waals surface area contributed by atoms with Gasteiger partial charge in [-0.25, -0.2) is 13.2 Å². The largest absolute Gasteiger partial charge is 0.405 e. The van der Waals surface area contributed by atoms with Gasteiger partial charge >= 0.3 is 12.2 Å². The van der Waals surface area contributed by atoms with E-state index in [0.717, 1.165) is 11.2 Å². The fraction of sp³-hybridized carbons (Fsp3) is 0.875. The molecule has 0 saturated carbocycles. The van der Waals surface area contributed by atoms with Gasteiger partial charge in [-0.3, -0.25) is 0 Å². The van der Waals surface area contributed by atoms with Crippen LogP contribution in [0.1, 0.15) is 0 Å². The van der Waals surface area contributed by atoms with Crippen molar-refractivity contribution < 1.29 is 26.4 Å². The normalized spacial score (nSPS) is 21.8. The van der Waals surface area contributed by atoms with E-state index in [1.165, 1.54) is 11.8 Å². The smallest absolute Gasteiger partial charge is 0.329 e. The topological polar surface area (TPSA) is 66.5 Å². The molecule has 0 aromatic heterocycles. The molecule has 1 N–H and O–H groups in total. The number of sulfone groups is 1. The van der Waals surface area contributed by atoms with E-state index >= 15 is 0 Å². The number of rotatable bonds is 2.